The van der Waals surface area contributed by atoms with Gasteiger partial charge >= 0.3 is 0 Å². The zero-order valence-corrected chi connectivity index (χ0v) is 15.8. The predicted molar refractivity (Wildman–Crippen MR) is 110 cm³/mol. The zero-order valence-electron chi connectivity index (χ0n) is 15.8. The molecular weight excluding hydrogens is 364 g/mol. The first kappa shape index (κ1) is 17.4. The summed E-state index contributed by atoms with van der Waals surface area (Å²) >= 11 is 0. The molecule has 0 saturated carbocycles. The van der Waals surface area contributed by atoms with E-state index in [0.29, 0.717) is 17.6 Å². The maximum atomic E-state index is 13.4. The van der Waals surface area contributed by atoms with Crippen LogP contribution in [0.2, 0.25) is 0 Å². The standard InChI is InChI=1S/C23H20N4O2/c28-21-15-24-18-9-4-5-10-19(18)27(21)16-22(29)26-14-13-25-12-6-11-20(25)23(26)17-7-2-1-3-8-17/h1-12,15,23H,13-14,16H2. The number of hydrogen-bond donors (Lipinski definition) is 0. The molecule has 3 heterocycles. The maximum Gasteiger partial charge on any atom is 0.269 e. The van der Waals surface area contributed by atoms with E-state index in [1.807, 2.05) is 71.8 Å². The van der Waals surface area contributed by atoms with Gasteiger partial charge in [-0.05, 0) is 29.8 Å². The van der Waals surface area contributed by atoms with Gasteiger partial charge in [-0.25, -0.2) is 4.98 Å². The second-order valence-corrected chi connectivity index (χ2v) is 7.20. The van der Waals surface area contributed by atoms with Gasteiger partial charge in [-0.15, -0.1) is 0 Å². The molecule has 144 valence electrons. The fourth-order valence-corrected chi connectivity index (χ4v) is 4.14. The summed E-state index contributed by atoms with van der Waals surface area (Å²) in [6, 6.07) is 21.3. The van der Waals surface area contributed by atoms with Crippen molar-refractivity contribution in [3.63, 3.8) is 0 Å². The largest absolute Gasteiger partial charge is 0.348 e. The van der Waals surface area contributed by atoms with Crippen molar-refractivity contribution in [2.24, 2.45) is 0 Å². The summed E-state index contributed by atoms with van der Waals surface area (Å²) in [6.45, 7) is 1.33. The summed E-state index contributed by atoms with van der Waals surface area (Å²) in [5, 5.41) is 0. The average Bonchev–Trinajstić information content (AvgIpc) is 3.24. The van der Waals surface area contributed by atoms with Crippen molar-refractivity contribution in [3.8, 4) is 0 Å². The second kappa shape index (κ2) is 7.05. The highest BCUT2D eigenvalue weighted by Gasteiger charge is 2.32. The number of nitrogens with zero attached hydrogens (tertiary/aromatic N) is 4. The van der Waals surface area contributed by atoms with Crippen molar-refractivity contribution >= 4 is 16.9 Å². The Morgan fingerprint density at radius 3 is 2.62 bits per heavy atom. The van der Waals surface area contributed by atoms with Crippen LogP contribution in [-0.2, 0) is 17.9 Å². The molecule has 0 fully saturated rings. The summed E-state index contributed by atoms with van der Waals surface area (Å²) in [4.78, 5) is 32.0. The first-order valence-electron chi connectivity index (χ1n) is 9.66. The third-order valence-electron chi connectivity index (χ3n) is 5.52. The minimum absolute atomic E-state index is 0.00803. The Bertz CT molecular complexity index is 1240. The van der Waals surface area contributed by atoms with Gasteiger partial charge in [0, 0.05) is 25.0 Å². The Hall–Kier alpha value is -3.67. The molecule has 29 heavy (non-hydrogen) atoms. The van der Waals surface area contributed by atoms with Crippen LogP contribution in [0.5, 0.6) is 0 Å². The smallest absolute Gasteiger partial charge is 0.269 e. The van der Waals surface area contributed by atoms with Crippen molar-refractivity contribution in [2.45, 2.75) is 19.1 Å². The van der Waals surface area contributed by atoms with Gasteiger partial charge < -0.3 is 9.47 Å². The van der Waals surface area contributed by atoms with Gasteiger partial charge in [0.25, 0.3) is 5.56 Å². The molecule has 0 N–H and O–H groups in total. The molecule has 0 spiro atoms. The molecule has 1 unspecified atom stereocenters. The molecule has 0 bridgehead atoms. The number of aromatic nitrogens is 3. The third kappa shape index (κ3) is 3.02. The number of benzene rings is 2. The molecule has 1 amide bonds. The molecule has 6 heteroatoms. The molecule has 0 saturated heterocycles. The second-order valence-electron chi connectivity index (χ2n) is 7.20. The highest BCUT2D eigenvalue weighted by molar-refractivity contribution is 5.80. The molecule has 2 aromatic carbocycles. The van der Waals surface area contributed by atoms with Crippen LogP contribution in [0.1, 0.15) is 17.3 Å². The van der Waals surface area contributed by atoms with Gasteiger partial charge in [-0.1, -0.05) is 42.5 Å². The van der Waals surface area contributed by atoms with Crippen molar-refractivity contribution < 1.29 is 4.79 Å². The highest BCUT2D eigenvalue weighted by atomic mass is 16.2. The molecular formula is C23H20N4O2. The fraction of sp³-hybridized carbons (Fsp3) is 0.174. The number of amides is 1. The number of fused-ring (bicyclic) bond motifs is 2. The summed E-state index contributed by atoms with van der Waals surface area (Å²) in [7, 11) is 0. The summed E-state index contributed by atoms with van der Waals surface area (Å²) in [6.07, 6.45) is 3.33. The van der Waals surface area contributed by atoms with Crippen molar-refractivity contribution in [1.82, 2.24) is 19.0 Å². The zero-order chi connectivity index (χ0) is 19.8. The minimum atomic E-state index is -0.270. The minimum Gasteiger partial charge on any atom is -0.348 e. The van der Waals surface area contributed by atoms with E-state index in [0.717, 1.165) is 17.8 Å². The van der Waals surface area contributed by atoms with Gasteiger partial charge in [0.1, 0.15) is 6.54 Å². The number of rotatable bonds is 3. The number of carbonyl (C=O) groups is 1. The van der Waals surface area contributed by atoms with Crippen LogP contribution < -0.4 is 5.56 Å². The van der Waals surface area contributed by atoms with Crippen LogP contribution in [0.25, 0.3) is 11.0 Å². The Kier molecular flexibility index (Phi) is 4.24. The van der Waals surface area contributed by atoms with E-state index in [4.69, 9.17) is 0 Å². The molecule has 6 nitrogen and oxygen atoms in total. The topological polar surface area (TPSA) is 60.1 Å². The molecule has 5 rings (SSSR count). The lowest BCUT2D eigenvalue weighted by atomic mass is 10.00. The maximum absolute atomic E-state index is 13.4. The van der Waals surface area contributed by atoms with Crippen LogP contribution in [-0.4, -0.2) is 31.5 Å². The van der Waals surface area contributed by atoms with E-state index in [1.54, 1.807) is 0 Å². The Balaban J connectivity index is 1.54. The lowest BCUT2D eigenvalue weighted by molar-refractivity contribution is -0.134. The fourth-order valence-electron chi connectivity index (χ4n) is 4.14. The summed E-state index contributed by atoms with van der Waals surface area (Å²) < 4.78 is 3.70. The molecule has 1 aliphatic heterocycles. The van der Waals surface area contributed by atoms with Crippen LogP contribution in [0, 0.1) is 0 Å². The number of carbonyl (C=O) groups excluding carboxylic acids is 1. The molecule has 0 radical (unpaired) electrons. The van der Waals surface area contributed by atoms with E-state index in [1.165, 1.54) is 10.8 Å². The first-order chi connectivity index (χ1) is 14.2. The summed E-state index contributed by atoms with van der Waals surface area (Å²) in [5.41, 5.74) is 3.25. The molecule has 1 atom stereocenters. The molecule has 0 aliphatic carbocycles. The highest BCUT2D eigenvalue weighted by Crippen LogP contribution is 2.32. The average molecular weight is 384 g/mol. The quantitative estimate of drug-likeness (QED) is 0.546. The van der Waals surface area contributed by atoms with Crippen LogP contribution in [0.15, 0.2) is 83.9 Å². The van der Waals surface area contributed by atoms with Gasteiger partial charge in [0.05, 0.1) is 23.3 Å². The van der Waals surface area contributed by atoms with Gasteiger partial charge in [0.2, 0.25) is 5.91 Å². The van der Waals surface area contributed by atoms with E-state index >= 15 is 0 Å². The molecule has 2 aromatic heterocycles. The van der Waals surface area contributed by atoms with E-state index < -0.39 is 0 Å². The number of hydrogen-bond acceptors (Lipinski definition) is 3. The van der Waals surface area contributed by atoms with Crippen LogP contribution >= 0.6 is 0 Å². The molecule has 4 aromatic rings. The first-order valence-corrected chi connectivity index (χ1v) is 9.66. The Labute approximate surface area is 167 Å². The van der Waals surface area contributed by atoms with Crippen LogP contribution in [0.3, 0.4) is 0 Å². The number of para-hydroxylation sites is 2. The van der Waals surface area contributed by atoms with E-state index in [9.17, 15) is 9.59 Å². The predicted octanol–water partition coefficient (Wildman–Crippen LogP) is 2.83. The molecule has 1 aliphatic rings. The van der Waals surface area contributed by atoms with E-state index in [2.05, 4.69) is 15.6 Å². The lowest BCUT2D eigenvalue weighted by Crippen LogP contribution is -2.44. The van der Waals surface area contributed by atoms with Crippen molar-refractivity contribution in [1.29, 1.82) is 0 Å². The van der Waals surface area contributed by atoms with Gasteiger partial charge in [0.15, 0.2) is 0 Å². The third-order valence-corrected chi connectivity index (χ3v) is 5.52. The normalized spacial score (nSPS) is 16.0. The van der Waals surface area contributed by atoms with Crippen molar-refractivity contribution in [2.75, 3.05) is 6.54 Å². The van der Waals surface area contributed by atoms with Gasteiger partial charge in [-0.3, -0.25) is 14.2 Å². The SMILES string of the molecule is O=C(Cn1c(=O)cnc2ccccc21)N1CCn2cccc2C1c1ccccc1. The summed E-state index contributed by atoms with van der Waals surface area (Å²) in [5.74, 6) is -0.0789. The van der Waals surface area contributed by atoms with Crippen LogP contribution in [0.4, 0.5) is 0 Å². The van der Waals surface area contributed by atoms with Gasteiger partial charge in [-0.2, -0.15) is 0 Å². The van der Waals surface area contributed by atoms with Crippen molar-refractivity contribution in [3.05, 3.63) is 101 Å². The lowest BCUT2D eigenvalue weighted by Gasteiger charge is -2.37. The Morgan fingerprint density at radius 2 is 1.76 bits per heavy atom. The van der Waals surface area contributed by atoms with E-state index in [-0.39, 0.29) is 24.1 Å². The monoisotopic (exact) mass is 384 g/mol. The Morgan fingerprint density at radius 1 is 0.966 bits per heavy atom.